The minimum Gasteiger partial charge on any atom is -0.436 e. The number of halogens is 4. The zero-order chi connectivity index (χ0) is 36.7. The molecule has 0 saturated carbocycles. The first-order chi connectivity index (χ1) is 24.9. The van der Waals surface area contributed by atoms with Gasteiger partial charge in [-0.3, -0.25) is 14.7 Å². The fourth-order valence-corrected chi connectivity index (χ4v) is 8.75. The van der Waals surface area contributed by atoms with E-state index in [1.807, 2.05) is 30.3 Å². The van der Waals surface area contributed by atoms with Gasteiger partial charge in [-0.2, -0.15) is 13.2 Å². The summed E-state index contributed by atoms with van der Waals surface area (Å²) in [6, 6.07) is 12.8. The van der Waals surface area contributed by atoms with E-state index in [0.29, 0.717) is 49.9 Å². The van der Waals surface area contributed by atoms with E-state index in [0.717, 1.165) is 44.0 Å². The van der Waals surface area contributed by atoms with Crippen molar-refractivity contribution < 1.29 is 27.5 Å². The number of piperidine rings is 2. The van der Waals surface area contributed by atoms with Crippen molar-refractivity contribution in [2.24, 2.45) is 0 Å². The number of hydrogen-bond acceptors (Lipinski definition) is 8. The summed E-state index contributed by atoms with van der Waals surface area (Å²) < 4.78 is 49.4. The van der Waals surface area contributed by atoms with Crippen LogP contribution < -0.4 is 11.0 Å². The second-order valence-electron chi connectivity index (χ2n) is 14.4. The highest BCUT2D eigenvalue weighted by Crippen LogP contribution is 2.40. The highest BCUT2D eigenvalue weighted by Gasteiger charge is 2.45. The molecule has 52 heavy (non-hydrogen) atoms. The number of aromatic nitrogens is 3. The maximum atomic E-state index is 14.1. The van der Waals surface area contributed by atoms with Crippen LogP contribution in [0.4, 0.5) is 23.7 Å². The molecule has 2 aromatic carbocycles. The summed E-state index contributed by atoms with van der Waals surface area (Å²) in [6.45, 7) is 3.46. The van der Waals surface area contributed by atoms with Gasteiger partial charge in [-0.1, -0.05) is 41.9 Å². The number of amides is 2. The fraction of sp³-hybridized carbons (Fsp3) is 0.556. The lowest BCUT2D eigenvalue weighted by atomic mass is 9.99. The summed E-state index contributed by atoms with van der Waals surface area (Å²) >= 11 is 6.29. The molecule has 3 atom stereocenters. The number of aromatic amines is 1. The Hall–Kier alpha value is -4.08. The van der Waals surface area contributed by atoms with E-state index in [4.69, 9.17) is 16.3 Å². The van der Waals surface area contributed by atoms with Gasteiger partial charge in [0, 0.05) is 76.4 Å². The van der Waals surface area contributed by atoms with Gasteiger partial charge in [0.1, 0.15) is 0 Å². The van der Waals surface area contributed by atoms with Crippen LogP contribution in [0.2, 0.25) is 5.02 Å². The van der Waals surface area contributed by atoms with E-state index >= 15 is 0 Å². The minimum atomic E-state index is -4.71. The molecular weight excluding hydrogens is 701 g/mol. The third-order valence-corrected chi connectivity index (χ3v) is 11.5. The summed E-state index contributed by atoms with van der Waals surface area (Å²) in [4.78, 5) is 51.4. The SMILES string of the molecule is CNc1c(Cl)cc(C[C@@H](OC(=O)N2CCC(n3nc(-c4ccccc4)[nH]c3=O)CC2)C(=O)N2CCC(N3CC4CC3CN4C)CC2)cc1C(F)(F)F. The van der Waals surface area contributed by atoms with Crippen molar-refractivity contribution in [3.05, 3.63) is 69.1 Å². The van der Waals surface area contributed by atoms with E-state index in [1.54, 1.807) is 4.90 Å². The predicted molar refractivity (Wildman–Crippen MR) is 189 cm³/mol. The smallest absolute Gasteiger partial charge is 0.418 e. The molecule has 12 nitrogen and oxygen atoms in total. The zero-order valence-corrected chi connectivity index (χ0v) is 30.0. The molecule has 4 aliphatic rings. The summed E-state index contributed by atoms with van der Waals surface area (Å²) in [5.41, 5.74) is -0.677. The van der Waals surface area contributed by atoms with Crippen molar-refractivity contribution in [2.45, 2.75) is 75.0 Å². The van der Waals surface area contributed by atoms with Gasteiger partial charge in [0.25, 0.3) is 5.91 Å². The standard InChI is InChI=1S/C36H44ClF3N8O4/c1-41-31-28(36(38,39)40)16-22(17-29(31)37)18-30(33(49)45-12-8-24(9-13-45)47-21-26-19-27(47)20-44(26)2)52-35(51)46-14-10-25(11-15-46)48-34(50)42-32(43-48)23-6-4-3-5-7-23/h3-7,16-17,24-27,30,41H,8-15,18-21H2,1-2H3,(H,42,43,50)/t26?,27?,30-/m1/s1. The first-order valence-corrected chi connectivity index (χ1v) is 18.3. The van der Waals surface area contributed by atoms with E-state index in [-0.39, 0.29) is 47.5 Å². The van der Waals surface area contributed by atoms with Crippen molar-refractivity contribution >= 4 is 29.3 Å². The molecule has 4 aliphatic heterocycles. The summed E-state index contributed by atoms with van der Waals surface area (Å²) in [6.07, 6.45) is -3.54. The highest BCUT2D eigenvalue weighted by atomic mass is 35.5. The maximum Gasteiger partial charge on any atom is 0.418 e. The lowest BCUT2D eigenvalue weighted by Crippen LogP contribution is -2.54. The number of rotatable bonds is 8. The van der Waals surface area contributed by atoms with Gasteiger partial charge < -0.3 is 24.8 Å². The van der Waals surface area contributed by atoms with Crippen molar-refractivity contribution in [1.82, 2.24) is 34.4 Å². The molecule has 4 saturated heterocycles. The lowest BCUT2D eigenvalue weighted by Gasteiger charge is -2.42. The van der Waals surface area contributed by atoms with Crippen LogP contribution in [0.1, 0.15) is 49.3 Å². The average Bonchev–Trinajstić information content (AvgIpc) is 3.85. The molecule has 16 heteroatoms. The topological polar surface area (TPSA) is 119 Å². The van der Waals surface area contributed by atoms with Gasteiger partial charge in [-0.25, -0.2) is 14.3 Å². The number of carbonyl (C=O) groups is 2. The summed E-state index contributed by atoms with van der Waals surface area (Å²) in [5, 5.41) is 6.86. The van der Waals surface area contributed by atoms with Crippen LogP contribution in [0.15, 0.2) is 47.3 Å². The number of likely N-dealkylation sites (N-methyl/N-ethyl adjacent to an activating group) is 1. The van der Waals surface area contributed by atoms with Crippen LogP contribution in [-0.2, 0) is 22.1 Å². The van der Waals surface area contributed by atoms with E-state index in [2.05, 4.69) is 32.2 Å². The third kappa shape index (κ3) is 7.40. The third-order valence-electron chi connectivity index (χ3n) is 11.2. The fourth-order valence-electron chi connectivity index (χ4n) is 8.42. The van der Waals surface area contributed by atoms with Gasteiger partial charge in [0.15, 0.2) is 11.9 Å². The molecular formula is C36H44ClF3N8O4. The number of nitrogens with one attached hydrogen (secondary N) is 2. The molecule has 2 bridgehead atoms. The number of likely N-dealkylation sites (tertiary alicyclic amines) is 4. The molecule has 0 spiro atoms. The summed E-state index contributed by atoms with van der Waals surface area (Å²) in [7, 11) is 3.51. The molecule has 2 unspecified atom stereocenters. The largest absolute Gasteiger partial charge is 0.436 e. The number of H-pyrrole nitrogens is 1. The Labute approximate surface area is 304 Å². The molecule has 4 fully saturated rings. The van der Waals surface area contributed by atoms with Crippen molar-refractivity contribution in [3.63, 3.8) is 0 Å². The number of piperazine rings is 1. The molecule has 2 amide bonds. The monoisotopic (exact) mass is 744 g/mol. The van der Waals surface area contributed by atoms with Crippen LogP contribution >= 0.6 is 11.6 Å². The van der Waals surface area contributed by atoms with Crippen LogP contribution in [0.25, 0.3) is 11.4 Å². The van der Waals surface area contributed by atoms with Gasteiger partial charge in [0.2, 0.25) is 0 Å². The first kappa shape index (κ1) is 36.3. The Morgan fingerprint density at radius 2 is 1.65 bits per heavy atom. The molecule has 0 radical (unpaired) electrons. The van der Waals surface area contributed by atoms with Crippen molar-refractivity contribution in [3.8, 4) is 11.4 Å². The minimum absolute atomic E-state index is 0.125. The van der Waals surface area contributed by atoms with Crippen molar-refractivity contribution in [1.29, 1.82) is 0 Å². The van der Waals surface area contributed by atoms with Crippen molar-refractivity contribution in [2.75, 3.05) is 58.7 Å². The number of nitrogens with zero attached hydrogens (tertiary/aromatic N) is 6. The van der Waals surface area contributed by atoms with Crippen LogP contribution in [0, 0.1) is 0 Å². The number of ether oxygens (including phenoxy) is 1. The number of carbonyl (C=O) groups excluding carboxylic acids is 2. The molecule has 5 heterocycles. The first-order valence-electron chi connectivity index (χ1n) is 17.9. The lowest BCUT2D eigenvalue weighted by molar-refractivity contribution is -0.142. The molecule has 0 aliphatic carbocycles. The number of fused-ring (bicyclic) bond motifs is 2. The highest BCUT2D eigenvalue weighted by molar-refractivity contribution is 6.33. The molecule has 7 rings (SSSR count). The number of benzene rings is 2. The number of alkyl halides is 3. The van der Waals surface area contributed by atoms with Gasteiger partial charge in [-0.15, -0.1) is 5.10 Å². The van der Waals surface area contributed by atoms with Gasteiger partial charge in [0.05, 0.1) is 22.3 Å². The predicted octanol–water partition coefficient (Wildman–Crippen LogP) is 4.72. The van der Waals surface area contributed by atoms with Crippen LogP contribution in [0.3, 0.4) is 0 Å². The normalized spacial score (nSPS) is 22.6. The molecule has 280 valence electrons. The molecule has 1 aromatic heterocycles. The second-order valence-corrected chi connectivity index (χ2v) is 14.8. The van der Waals surface area contributed by atoms with Crippen LogP contribution in [-0.4, -0.2) is 124 Å². The Morgan fingerprint density at radius 1 is 0.981 bits per heavy atom. The van der Waals surface area contributed by atoms with E-state index in [9.17, 15) is 27.6 Å². The zero-order valence-electron chi connectivity index (χ0n) is 29.2. The molecule has 2 N–H and O–H groups in total. The Morgan fingerprint density at radius 3 is 2.27 bits per heavy atom. The van der Waals surface area contributed by atoms with Gasteiger partial charge >= 0.3 is 18.0 Å². The maximum absolute atomic E-state index is 14.1. The van der Waals surface area contributed by atoms with Crippen LogP contribution in [0.5, 0.6) is 0 Å². The summed E-state index contributed by atoms with van der Waals surface area (Å²) in [5.74, 6) is 0.0119. The van der Waals surface area contributed by atoms with Gasteiger partial charge in [-0.05, 0) is 56.8 Å². The Balaban J connectivity index is 1.04. The Bertz CT molecular complexity index is 1820. The molecule has 3 aromatic rings. The number of hydrogen-bond donors (Lipinski definition) is 2. The van der Waals surface area contributed by atoms with E-state index in [1.165, 1.54) is 22.7 Å². The number of anilines is 1. The second kappa shape index (κ2) is 14.7. The Kier molecular flexibility index (Phi) is 10.3. The quantitative estimate of drug-likeness (QED) is 0.341. The average molecular weight is 745 g/mol. The van der Waals surface area contributed by atoms with E-state index < -0.39 is 29.8 Å².